The van der Waals surface area contributed by atoms with Crippen molar-refractivity contribution in [3.8, 4) is 11.5 Å². The Morgan fingerprint density at radius 3 is 2.17 bits per heavy atom. The highest BCUT2D eigenvalue weighted by Gasteiger charge is 2.29. The van der Waals surface area contributed by atoms with Gasteiger partial charge >= 0.3 is 17.6 Å². The molecule has 0 atom stereocenters. The quantitative estimate of drug-likeness (QED) is 0.252. The number of esters is 2. The molecule has 0 fully saturated rings. The summed E-state index contributed by atoms with van der Waals surface area (Å²) in [6.07, 6.45) is 2.51. The Morgan fingerprint density at radius 1 is 1.17 bits per heavy atom. The number of nitrogens with zero attached hydrogens (tertiary/aromatic N) is 1. The average Bonchev–Trinajstić information content (AvgIpc) is 2.54. The van der Waals surface area contributed by atoms with Crippen molar-refractivity contribution in [1.82, 2.24) is 0 Å². The molecule has 7 heteroatoms. The summed E-state index contributed by atoms with van der Waals surface area (Å²) >= 11 is 0. The van der Waals surface area contributed by atoms with Crippen molar-refractivity contribution in [1.29, 1.82) is 0 Å². The molecule has 0 aliphatic heterocycles. The van der Waals surface area contributed by atoms with Gasteiger partial charge in [-0.3, -0.25) is 10.1 Å². The number of nitro benzene ring substituents is 1. The predicted octanol–water partition coefficient (Wildman–Crippen LogP) is 2.90. The number of carbonyl (C=O) groups excluding carboxylic acids is 2. The first-order valence-electron chi connectivity index (χ1n) is 6.91. The highest BCUT2D eigenvalue weighted by molar-refractivity contribution is 5.86. The van der Waals surface area contributed by atoms with E-state index in [1.807, 2.05) is 0 Å². The Bertz CT molecular complexity index is 678. The normalized spacial score (nSPS) is 9.83. The van der Waals surface area contributed by atoms with Crippen molar-refractivity contribution >= 4 is 17.6 Å². The van der Waals surface area contributed by atoms with Gasteiger partial charge in [0.2, 0.25) is 5.75 Å². The smallest absolute Gasteiger partial charge is 0.335 e. The van der Waals surface area contributed by atoms with Gasteiger partial charge in [0.25, 0.3) is 0 Å². The fourth-order valence-corrected chi connectivity index (χ4v) is 2.03. The van der Waals surface area contributed by atoms with E-state index < -0.39 is 22.5 Å². The minimum Gasteiger partial charge on any atom is -0.423 e. The van der Waals surface area contributed by atoms with Gasteiger partial charge in [-0.15, -0.1) is 0 Å². The number of aryl methyl sites for hydroxylation is 1. The highest BCUT2D eigenvalue weighted by atomic mass is 16.6. The van der Waals surface area contributed by atoms with Gasteiger partial charge in [0.1, 0.15) is 5.75 Å². The zero-order chi connectivity index (χ0) is 17.6. The molecule has 0 unspecified atom stereocenters. The standard InChI is InChI=1S/C16H17NO6/c1-5-10-9-12(22-13(18)7-3)15(17(20)21)11(6-2)16(10)23-14(19)8-4/h7-9H,3-6H2,1-2H3. The molecule has 0 spiro atoms. The van der Waals surface area contributed by atoms with Crippen LogP contribution in [-0.4, -0.2) is 16.9 Å². The van der Waals surface area contributed by atoms with Crippen LogP contribution in [0, 0.1) is 10.1 Å². The molecule has 0 aromatic heterocycles. The maximum Gasteiger partial charge on any atom is 0.335 e. The third-order valence-corrected chi connectivity index (χ3v) is 3.05. The van der Waals surface area contributed by atoms with Crippen LogP contribution < -0.4 is 9.47 Å². The molecule has 0 amide bonds. The zero-order valence-electron chi connectivity index (χ0n) is 13.0. The average molecular weight is 319 g/mol. The topological polar surface area (TPSA) is 95.7 Å². The third kappa shape index (κ3) is 4.03. The first-order valence-corrected chi connectivity index (χ1v) is 6.91. The summed E-state index contributed by atoms with van der Waals surface area (Å²) < 4.78 is 10.1. The van der Waals surface area contributed by atoms with Crippen molar-refractivity contribution in [2.45, 2.75) is 26.7 Å². The fourth-order valence-electron chi connectivity index (χ4n) is 2.03. The Hall–Kier alpha value is -2.96. The van der Waals surface area contributed by atoms with Gasteiger partial charge in [-0.05, 0) is 24.5 Å². The summed E-state index contributed by atoms with van der Waals surface area (Å²) in [5.74, 6) is -1.63. The van der Waals surface area contributed by atoms with Crippen LogP contribution in [0.15, 0.2) is 31.4 Å². The van der Waals surface area contributed by atoms with Gasteiger partial charge in [-0.1, -0.05) is 27.0 Å². The van der Waals surface area contributed by atoms with Crippen molar-refractivity contribution in [3.05, 3.63) is 52.6 Å². The van der Waals surface area contributed by atoms with E-state index in [9.17, 15) is 19.7 Å². The molecular weight excluding hydrogens is 302 g/mol. The maximum atomic E-state index is 11.5. The van der Waals surface area contributed by atoms with Gasteiger partial charge in [-0.25, -0.2) is 9.59 Å². The Labute approximate surface area is 133 Å². The second kappa shape index (κ2) is 7.88. The molecule has 1 rings (SSSR count). The summed E-state index contributed by atoms with van der Waals surface area (Å²) in [7, 11) is 0. The molecule has 122 valence electrons. The van der Waals surface area contributed by atoms with Crippen LogP contribution in [-0.2, 0) is 22.4 Å². The second-order valence-corrected chi connectivity index (χ2v) is 4.40. The number of nitro groups is 1. The number of benzene rings is 1. The third-order valence-electron chi connectivity index (χ3n) is 3.05. The van der Waals surface area contributed by atoms with E-state index in [0.717, 1.165) is 12.2 Å². The summed E-state index contributed by atoms with van der Waals surface area (Å²) in [4.78, 5) is 33.6. The summed E-state index contributed by atoms with van der Waals surface area (Å²) in [5, 5.41) is 11.4. The number of carbonyl (C=O) groups is 2. The minimum atomic E-state index is -0.812. The molecule has 23 heavy (non-hydrogen) atoms. The first kappa shape index (κ1) is 18.1. The Kier molecular flexibility index (Phi) is 6.20. The molecule has 0 aliphatic rings. The molecule has 0 heterocycles. The summed E-state index contributed by atoms with van der Waals surface area (Å²) in [6, 6.07) is 1.32. The molecule has 1 aromatic rings. The molecule has 0 aliphatic carbocycles. The van der Waals surface area contributed by atoms with Crippen LogP contribution >= 0.6 is 0 Å². The molecule has 0 radical (unpaired) electrons. The van der Waals surface area contributed by atoms with Crippen LogP contribution in [0.5, 0.6) is 11.5 Å². The van der Waals surface area contributed by atoms with Crippen LogP contribution in [0.2, 0.25) is 0 Å². The number of rotatable bonds is 7. The molecular formula is C16H17NO6. The zero-order valence-corrected chi connectivity index (χ0v) is 13.0. The molecule has 1 aromatic carbocycles. The lowest BCUT2D eigenvalue weighted by Gasteiger charge is -2.15. The molecule has 7 nitrogen and oxygen atoms in total. The predicted molar refractivity (Wildman–Crippen MR) is 83.5 cm³/mol. The van der Waals surface area contributed by atoms with E-state index in [4.69, 9.17) is 9.47 Å². The molecule has 0 N–H and O–H groups in total. The summed E-state index contributed by atoms with van der Waals surface area (Å²) in [5.41, 5.74) is 0.276. The van der Waals surface area contributed by atoms with Crippen LogP contribution in [0.25, 0.3) is 0 Å². The molecule has 0 saturated carbocycles. The van der Waals surface area contributed by atoms with Crippen LogP contribution in [0.3, 0.4) is 0 Å². The van der Waals surface area contributed by atoms with Crippen molar-refractivity contribution in [3.63, 3.8) is 0 Å². The monoisotopic (exact) mass is 319 g/mol. The van der Waals surface area contributed by atoms with E-state index in [1.54, 1.807) is 13.8 Å². The van der Waals surface area contributed by atoms with Gasteiger partial charge in [0, 0.05) is 12.2 Å². The van der Waals surface area contributed by atoms with E-state index in [1.165, 1.54) is 6.07 Å². The summed E-state index contributed by atoms with van der Waals surface area (Å²) in [6.45, 7) is 10.0. The van der Waals surface area contributed by atoms with Crippen molar-refractivity contribution in [2.24, 2.45) is 0 Å². The molecule has 0 saturated heterocycles. The van der Waals surface area contributed by atoms with Crippen LogP contribution in [0.1, 0.15) is 25.0 Å². The van der Waals surface area contributed by atoms with E-state index in [2.05, 4.69) is 13.2 Å². The van der Waals surface area contributed by atoms with Crippen molar-refractivity contribution in [2.75, 3.05) is 0 Å². The number of ether oxygens (including phenoxy) is 2. The SMILES string of the molecule is C=CC(=O)Oc1cc(CC)c(OC(=O)C=C)c(CC)c1[N+](=O)[O-]. The minimum absolute atomic E-state index is 0.102. The number of hydrogen-bond acceptors (Lipinski definition) is 6. The van der Waals surface area contributed by atoms with Crippen LogP contribution in [0.4, 0.5) is 5.69 Å². The largest absolute Gasteiger partial charge is 0.423 e. The first-order chi connectivity index (χ1) is 10.9. The van der Waals surface area contributed by atoms with Gasteiger partial charge < -0.3 is 9.47 Å². The lowest BCUT2D eigenvalue weighted by atomic mass is 10.0. The van der Waals surface area contributed by atoms with Crippen molar-refractivity contribution < 1.29 is 24.0 Å². The second-order valence-electron chi connectivity index (χ2n) is 4.40. The highest BCUT2D eigenvalue weighted by Crippen LogP contribution is 2.41. The van der Waals surface area contributed by atoms with E-state index in [-0.39, 0.29) is 23.5 Å². The Morgan fingerprint density at radius 2 is 1.74 bits per heavy atom. The lowest BCUT2D eigenvalue weighted by Crippen LogP contribution is -2.12. The van der Waals surface area contributed by atoms with Gasteiger partial charge in [0.15, 0.2) is 0 Å². The van der Waals surface area contributed by atoms with Gasteiger partial charge in [0.05, 0.1) is 10.5 Å². The Balaban J connectivity index is 3.65. The molecule has 0 bridgehead atoms. The lowest BCUT2D eigenvalue weighted by molar-refractivity contribution is -0.386. The number of hydrogen-bond donors (Lipinski definition) is 0. The van der Waals surface area contributed by atoms with E-state index >= 15 is 0 Å². The maximum absolute atomic E-state index is 11.5. The van der Waals surface area contributed by atoms with E-state index in [0.29, 0.717) is 12.0 Å². The fraction of sp³-hybridized carbons (Fsp3) is 0.250. The van der Waals surface area contributed by atoms with Gasteiger partial charge in [-0.2, -0.15) is 0 Å².